The van der Waals surface area contributed by atoms with E-state index in [9.17, 15) is 28.8 Å². The van der Waals surface area contributed by atoms with Crippen LogP contribution in [0.3, 0.4) is 0 Å². The van der Waals surface area contributed by atoms with Gasteiger partial charge in [-0.25, -0.2) is 9.59 Å². The van der Waals surface area contributed by atoms with Gasteiger partial charge in [0.1, 0.15) is 51.2 Å². The van der Waals surface area contributed by atoms with Crippen molar-refractivity contribution in [3.8, 4) is 72.4 Å². The standard InChI is InChI=1S/C52H62O17/c1-9-15-41(53)29-37(7)49(55)68-43(35-66-51(57)39-17-19-45(62-21-11-3)47(31-39)64-23-13-5)33-60-27-25-59-26-28-61-34-44(69-50(56)38(8)30-42(54)16-10-2)36-67-52(58)40-18-20-46(63-22-12-4)48(32-40)65-24-14-6/h3-6,17-20,31-32,37-38,43-44H,9-10,15-16,21-30,33-36H2,1-2,7-8H3. The molecule has 0 fully saturated rings. The van der Waals surface area contributed by atoms with E-state index in [4.69, 9.17) is 77.8 Å². The van der Waals surface area contributed by atoms with Crippen LogP contribution in [-0.4, -0.2) is 127 Å². The molecule has 2 aromatic carbocycles. The number of terminal acetylenes is 4. The zero-order chi connectivity index (χ0) is 50.8. The summed E-state index contributed by atoms with van der Waals surface area (Å²) in [7, 11) is 0. The number of Topliss-reactive ketones (excluding diaryl/α,β-unsaturated/α-hetero) is 2. The van der Waals surface area contributed by atoms with Gasteiger partial charge in [0, 0.05) is 25.7 Å². The summed E-state index contributed by atoms with van der Waals surface area (Å²) < 4.78 is 61.2. The van der Waals surface area contributed by atoms with Gasteiger partial charge in [-0.2, -0.15) is 0 Å². The summed E-state index contributed by atoms with van der Waals surface area (Å²) in [4.78, 5) is 76.6. The minimum atomic E-state index is -1.05. The van der Waals surface area contributed by atoms with Crippen LogP contribution >= 0.6 is 0 Å². The Morgan fingerprint density at radius 3 is 1.19 bits per heavy atom. The lowest BCUT2D eigenvalue weighted by atomic mass is 10.0. The van der Waals surface area contributed by atoms with Crippen LogP contribution in [0.1, 0.15) is 86.9 Å². The first-order valence-corrected chi connectivity index (χ1v) is 22.3. The monoisotopic (exact) mass is 958 g/mol. The number of rotatable bonds is 36. The summed E-state index contributed by atoms with van der Waals surface area (Å²) in [6.07, 6.45) is 21.0. The topological polar surface area (TPSA) is 204 Å². The van der Waals surface area contributed by atoms with Gasteiger partial charge in [0.15, 0.2) is 35.2 Å². The molecule has 2 aromatic rings. The normalized spacial score (nSPS) is 12.2. The predicted molar refractivity (Wildman–Crippen MR) is 250 cm³/mol. The Morgan fingerprint density at radius 1 is 0.493 bits per heavy atom. The second-order valence-corrected chi connectivity index (χ2v) is 15.2. The van der Waals surface area contributed by atoms with Crippen LogP contribution in [0.2, 0.25) is 0 Å². The number of hydrogen-bond donors (Lipinski definition) is 0. The number of esters is 4. The van der Waals surface area contributed by atoms with Crippen LogP contribution in [0.15, 0.2) is 36.4 Å². The maximum absolute atomic E-state index is 13.1. The Kier molecular flexibility index (Phi) is 28.9. The van der Waals surface area contributed by atoms with E-state index in [1.165, 1.54) is 36.4 Å². The summed E-state index contributed by atoms with van der Waals surface area (Å²) in [6.45, 7) is 5.57. The van der Waals surface area contributed by atoms with E-state index in [0.717, 1.165) is 0 Å². The molecule has 0 spiro atoms. The summed E-state index contributed by atoms with van der Waals surface area (Å²) >= 11 is 0. The highest BCUT2D eigenvalue weighted by Gasteiger charge is 2.26. The average Bonchev–Trinajstić information content (AvgIpc) is 3.33. The number of carbonyl (C=O) groups is 6. The summed E-state index contributed by atoms with van der Waals surface area (Å²) in [5.41, 5.74) is 0.176. The molecule has 17 heteroatoms. The zero-order valence-electron chi connectivity index (χ0n) is 39.8. The number of benzene rings is 2. The molecule has 0 aliphatic carbocycles. The second kappa shape index (κ2) is 34.3. The SMILES string of the molecule is C#CCOc1ccc(C(=O)OCC(COCCOCCOCC(COC(=O)c2ccc(OCC#C)c(OCC#C)c2)OC(=O)C(C)CC(=O)CCC)OC(=O)C(C)CC(=O)CCC)cc1OCC#C. The van der Waals surface area contributed by atoms with E-state index in [-0.39, 0.29) is 125 Å². The minimum absolute atomic E-state index is 0.0119. The van der Waals surface area contributed by atoms with Crippen molar-refractivity contribution in [2.24, 2.45) is 11.8 Å². The molecule has 0 bridgehead atoms. The van der Waals surface area contributed by atoms with E-state index < -0.39 is 61.1 Å². The molecule has 0 aromatic heterocycles. The third kappa shape index (κ3) is 23.5. The Morgan fingerprint density at radius 2 is 0.841 bits per heavy atom. The van der Waals surface area contributed by atoms with Crippen molar-refractivity contribution in [3.05, 3.63) is 47.5 Å². The van der Waals surface area contributed by atoms with E-state index >= 15 is 0 Å². The fraction of sp³-hybridized carbons (Fsp3) is 0.500. The average molecular weight is 959 g/mol. The first-order chi connectivity index (χ1) is 33.3. The molecular weight excluding hydrogens is 897 g/mol. The maximum atomic E-state index is 13.1. The molecule has 4 unspecified atom stereocenters. The van der Waals surface area contributed by atoms with Gasteiger partial charge in [0.05, 0.1) is 62.6 Å². The van der Waals surface area contributed by atoms with Crippen molar-refractivity contribution >= 4 is 35.4 Å². The highest BCUT2D eigenvalue weighted by Crippen LogP contribution is 2.30. The first-order valence-electron chi connectivity index (χ1n) is 22.3. The number of carbonyl (C=O) groups excluding carboxylic acids is 6. The molecule has 4 atom stereocenters. The highest BCUT2D eigenvalue weighted by molar-refractivity contribution is 5.91. The smallest absolute Gasteiger partial charge is 0.338 e. The summed E-state index contributed by atoms with van der Waals surface area (Å²) in [6, 6.07) is 8.58. The van der Waals surface area contributed by atoms with E-state index in [2.05, 4.69) is 23.7 Å². The number of ether oxygens (including phenoxy) is 11. The van der Waals surface area contributed by atoms with Crippen molar-refractivity contribution in [2.75, 3.05) is 79.3 Å². The molecule has 0 radical (unpaired) electrons. The Labute approximate surface area is 404 Å². The van der Waals surface area contributed by atoms with Crippen LogP contribution < -0.4 is 18.9 Å². The van der Waals surface area contributed by atoms with Crippen molar-refractivity contribution in [3.63, 3.8) is 0 Å². The summed E-state index contributed by atoms with van der Waals surface area (Å²) in [5, 5.41) is 0. The molecule has 2 rings (SSSR count). The van der Waals surface area contributed by atoms with Gasteiger partial charge in [-0.15, -0.1) is 25.7 Å². The van der Waals surface area contributed by atoms with Gasteiger partial charge >= 0.3 is 23.9 Å². The van der Waals surface area contributed by atoms with Gasteiger partial charge in [-0.05, 0) is 49.2 Å². The molecule has 0 N–H and O–H groups in total. The van der Waals surface area contributed by atoms with Crippen molar-refractivity contribution < 1.29 is 80.9 Å². The lowest BCUT2D eigenvalue weighted by Crippen LogP contribution is -2.33. The molecule has 69 heavy (non-hydrogen) atoms. The molecule has 0 heterocycles. The largest absolute Gasteiger partial charge is 0.477 e. The molecule has 0 aliphatic rings. The van der Waals surface area contributed by atoms with Crippen molar-refractivity contribution in [2.45, 2.75) is 78.4 Å². The van der Waals surface area contributed by atoms with E-state index in [0.29, 0.717) is 25.7 Å². The van der Waals surface area contributed by atoms with Gasteiger partial charge < -0.3 is 52.1 Å². The molecule has 0 amide bonds. The third-order valence-corrected chi connectivity index (χ3v) is 9.25. The molecule has 0 aliphatic heterocycles. The van der Waals surface area contributed by atoms with Crippen LogP contribution in [0.25, 0.3) is 0 Å². The van der Waals surface area contributed by atoms with Gasteiger partial charge in [-0.3, -0.25) is 19.2 Å². The Balaban J connectivity index is 2.01. The lowest BCUT2D eigenvalue weighted by Gasteiger charge is -2.21. The lowest BCUT2D eigenvalue weighted by molar-refractivity contribution is -0.160. The highest BCUT2D eigenvalue weighted by atomic mass is 16.6. The van der Waals surface area contributed by atoms with Crippen LogP contribution in [-0.2, 0) is 52.3 Å². The number of ketones is 2. The zero-order valence-corrected chi connectivity index (χ0v) is 39.8. The molecule has 17 nitrogen and oxygen atoms in total. The van der Waals surface area contributed by atoms with Crippen LogP contribution in [0, 0.1) is 61.2 Å². The predicted octanol–water partition coefficient (Wildman–Crippen LogP) is 5.41. The minimum Gasteiger partial charge on any atom is -0.477 e. The van der Waals surface area contributed by atoms with Crippen molar-refractivity contribution in [1.29, 1.82) is 0 Å². The van der Waals surface area contributed by atoms with Gasteiger partial charge in [-0.1, -0.05) is 51.4 Å². The molecular formula is C52H62O17. The van der Waals surface area contributed by atoms with Gasteiger partial charge in [0.25, 0.3) is 0 Å². The second-order valence-electron chi connectivity index (χ2n) is 15.2. The third-order valence-electron chi connectivity index (χ3n) is 9.25. The Bertz CT molecular complexity index is 1990. The quantitative estimate of drug-likeness (QED) is 0.0362. The van der Waals surface area contributed by atoms with E-state index in [1.54, 1.807) is 13.8 Å². The molecule has 0 saturated heterocycles. The number of hydrogen-bond acceptors (Lipinski definition) is 17. The van der Waals surface area contributed by atoms with Crippen LogP contribution in [0.4, 0.5) is 0 Å². The van der Waals surface area contributed by atoms with Crippen LogP contribution in [0.5, 0.6) is 23.0 Å². The van der Waals surface area contributed by atoms with Gasteiger partial charge in [0.2, 0.25) is 0 Å². The molecule has 372 valence electrons. The fourth-order valence-electron chi connectivity index (χ4n) is 5.89. The molecule has 0 saturated carbocycles. The Hall–Kier alpha value is -7.02. The van der Waals surface area contributed by atoms with E-state index in [1.807, 2.05) is 13.8 Å². The van der Waals surface area contributed by atoms with Crippen molar-refractivity contribution in [1.82, 2.24) is 0 Å². The summed E-state index contributed by atoms with van der Waals surface area (Å²) in [5.74, 6) is 5.66. The fourth-order valence-corrected chi connectivity index (χ4v) is 5.89. The first kappa shape index (κ1) is 58.1. The maximum Gasteiger partial charge on any atom is 0.338 e.